The number of hydrogen-bond acceptors (Lipinski definition) is 5. The van der Waals surface area contributed by atoms with Gasteiger partial charge < -0.3 is 5.32 Å². The number of thiazole rings is 1. The summed E-state index contributed by atoms with van der Waals surface area (Å²) in [6.45, 7) is 1.89. The molecule has 1 heterocycles. The Morgan fingerprint density at radius 1 is 1.28 bits per heavy atom. The molecule has 0 atom stereocenters. The zero-order valence-corrected chi connectivity index (χ0v) is 14.6. The number of hydrogen-bond donors (Lipinski definition) is 1. The Bertz CT molecular complexity index is 971. The van der Waals surface area contributed by atoms with Crippen LogP contribution in [0.15, 0.2) is 47.8 Å². The van der Waals surface area contributed by atoms with E-state index in [9.17, 15) is 14.9 Å². The maximum Gasteiger partial charge on any atom is 0.282 e. The first-order valence-corrected chi connectivity index (χ1v) is 8.48. The number of anilines is 1. The van der Waals surface area contributed by atoms with Crippen molar-refractivity contribution < 1.29 is 9.72 Å². The van der Waals surface area contributed by atoms with Gasteiger partial charge in [0, 0.05) is 22.0 Å². The maximum absolute atomic E-state index is 12.6. The summed E-state index contributed by atoms with van der Waals surface area (Å²) in [6, 6.07) is 11.0. The van der Waals surface area contributed by atoms with E-state index in [1.165, 1.54) is 29.5 Å². The van der Waals surface area contributed by atoms with Crippen LogP contribution in [0, 0.1) is 17.0 Å². The number of amides is 1. The third-order valence-electron chi connectivity index (χ3n) is 3.47. The van der Waals surface area contributed by atoms with E-state index in [1.807, 2.05) is 24.4 Å². The SMILES string of the molecule is Cc1nc(-c2ccccc2NC(=O)c2cc(Cl)ccc2[N+](=O)[O-])cs1. The molecular formula is C17H12ClN3O3S. The molecule has 8 heteroatoms. The molecule has 0 unspecified atom stereocenters. The van der Waals surface area contributed by atoms with Gasteiger partial charge in [0.15, 0.2) is 0 Å². The van der Waals surface area contributed by atoms with E-state index in [0.717, 1.165) is 16.3 Å². The molecule has 0 radical (unpaired) electrons. The Morgan fingerprint density at radius 2 is 2.04 bits per heavy atom. The minimum Gasteiger partial charge on any atom is -0.321 e. The van der Waals surface area contributed by atoms with Gasteiger partial charge in [-0.3, -0.25) is 14.9 Å². The Labute approximate surface area is 152 Å². The van der Waals surface area contributed by atoms with Gasteiger partial charge in [0.2, 0.25) is 0 Å². The summed E-state index contributed by atoms with van der Waals surface area (Å²) in [5, 5.41) is 16.9. The highest BCUT2D eigenvalue weighted by molar-refractivity contribution is 7.09. The fraction of sp³-hybridized carbons (Fsp3) is 0.0588. The zero-order valence-electron chi connectivity index (χ0n) is 13.0. The van der Waals surface area contributed by atoms with Crippen molar-refractivity contribution in [3.05, 3.63) is 73.6 Å². The minimum absolute atomic E-state index is 0.0956. The van der Waals surface area contributed by atoms with E-state index in [0.29, 0.717) is 5.69 Å². The van der Waals surface area contributed by atoms with Crippen molar-refractivity contribution in [3.8, 4) is 11.3 Å². The van der Waals surface area contributed by atoms with E-state index in [4.69, 9.17) is 11.6 Å². The molecule has 3 aromatic rings. The fourth-order valence-corrected chi connectivity index (χ4v) is 3.13. The van der Waals surface area contributed by atoms with Gasteiger partial charge in [0.25, 0.3) is 11.6 Å². The summed E-state index contributed by atoms with van der Waals surface area (Å²) >= 11 is 7.39. The molecule has 0 spiro atoms. The van der Waals surface area contributed by atoms with Gasteiger partial charge >= 0.3 is 0 Å². The first-order valence-electron chi connectivity index (χ1n) is 7.22. The predicted octanol–water partition coefficient (Wildman–Crippen LogP) is 4.93. The molecule has 6 nitrogen and oxygen atoms in total. The molecule has 126 valence electrons. The van der Waals surface area contributed by atoms with Crippen LogP contribution < -0.4 is 5.32 Å². The van der Waals surface area contributed by atoms with Crippen LogP contribution in [-0.4, -0.2) is 15.8 Å². The minimum atomic E-state index is -0.610. The topological polar surface area (TPSA) is 85.1 Å². The van der Waals surface area contributed by atoms with E-state index in [2.05, 4.69) is 10.3 Å². The normalized spacial score (nSPS) is 10.5. The van der Waals surface area contributed by atoms with Crippen LogP contribution >= 0.6 is 22.9 Å². The van der Waals surface area contributed by atoms with Crippen LogP contribution in [0.5, 0.6) is 0 Å². The highest BCUT2D eigenvalue weighted by Gasteiger charge is 2.21. The average molecular weight is 374 g/mol. The second kappa shape index (κ2) is 7.00. The number of carbonyl (C=O) groups is 1. The Hall–Kier alpha value is -2.77. The fourth-order valence-electron chi connectivity index (χ4n) is 2.34. The number of nitrogens with one attached hydrogen (secondary N) is 1. The van der Waals surface area contributed by atoms with E-state index in [-0.39, 0.29) is 16.3 Å². The lowest BCUT2D eigenvalue weighted by molar-refractivity contribution is -0.385. The highest BCUT2D eigenvalue weighted by atomic mass is 35.5. The maximum atomic E-state index is 12.6. The zero-order chi connectivity index (χ0) is 18.0. The Balaban J connectivity index is 1.98. The summed E-state index contributed by atoms with van der Waals surface area (Å²) < 4.78 is 0. The molecule has 0 saturated heterocycles. The monoisotopic (exact) mass is 373 g/mol. The molecule has 0 fully saturated rings. The molecular weight excluding hydrogens is 362 g/mol. The Morgan fingerprint density at radius 3 is 2.72 bits per heavy atom. The van der Waals surface area contributed by atoms with Gasteiger partial charge in [-0.2, -0.15) is 0 Å². The van der Waals surface area contributed by atoms with Crippen molar-refractivity contribution in [1.82, 2.24) is 4.98 Å². The number of nitro groups is 1. The molecule has 0 saturated carbocycles. The smallest absolute Gasteiger partial charge is 0.282 e. The lowest BCUT2D eigenvalue weighted by atomic mass is 10.1. The van der Waals surface area contributed by atoms with Crippen molar-refractivity contribution >= 4 is 40.2 Å². The largest absolute Gasteiger partial charge is 0.321 e. The number of carbonyl (C=O) groups excluding carboxylic acids is 1. The lowest BCUT2D eigenvalue weighted by Crippen LogP contribution is -2.14. The summed E-state index contributed by atoms with van der Waals surface area (Å²) in [7, 11) is 0. The molecule has 0 aliphatic rings. The van der Waals surface area contributed by atoms with E-state index < -0.39 is 10.8 Å². The van der Waals surface area contributed by atoms with Crippen molar-refractivity contribution in [2.75, 3.05) is 5.32 Å². The highest BCUT2D eigenvalue weighted by Crippen LogP contribution is 2.30. The van der Waals surface area contributed by atoms with Gasteiger partial charge in [0.05, 0.1) is 21.3 Å². The molecule has 2 aromatic carbocycles. The van der Waals surface area contributed by atoms with Gasteiger partial charge in [-0.1, -0.05) is 29.8 Å². The van der Waals surface area contributed by atoms with Crippen LogP contribution in [0.25, 0.3) is 11.3 Å². The van der Waals surface area contributed by atoms with Crippen molar-refractivity contribution in [2.45, 2.75) is 6.92 Å². The Kier molecular flexibility index (Phi) is 4.78. The number of aryl methyl sites for hydroxylation is 1. The van der Waals surface area contributed by atoms with Crippen LogP contribution in [-0.2, 0) is 0 Å². The third-order valence-corrected chi connectivity index (χ3v) is 4.48. The number of para-hydroxylation sites is 1. The van der Waals surface area contributed by atoms with Crippen LogP contribution in [0.2, 0.25) is 5.02 Å². The van der Waals surface area contributed by atoms with Gasteiger partial charge in [-0.15, -0.1) is 11.3 Å². The third kappa shape index (κ3) is 3.67. The van der Waals surface area contributed by atoms with Gasteiger partial charge in [-0.25, -0.2) is 4.98 Å². The summed E-state index contributed by atoms with van der Waals surface area (Å²) in [4.78, 5) is 27.6. The first-order chi connectivity index (χ1) is 12.0. The molecule has 0 bridgehead atoms. The number of rotatable bonds is 4. The van der Waals surface area contributed by atoms with Crippen molar-refractivity contribution in [2.24, 2.45) is 0 Å². The number of benzene rings is 2. The van der Waals surface area contributed by atoms with Crippen LogP contribution in [0.3, 0.4) is 0 Å². The number of nitro benzene ring substituents is 1. The van der Waals surface area contributed by atoms with Crippen molar-refractivity contribution in [1.29, 1.82) is 0 Å². The molecule has 3 rings (SSSR count). The van der Waals surface area contributed by atoms with Crippen LogP contribution in [0.4, 0.5) is 11.4 Å². The summed E-state index contributed by atoms with van der Waals surface area (Å²) in [5.41, 5.74) is 1.60. The molecule has 25 heavy (non-hydrogen) atoms. The van der Waals surface area contributed by atoms with Crippen LogP contribution in [0.1, 0.15) is 15.4 Å². The molecule has 0 aliphatic carbocycles. The summed E-state index contributed by atoms with van der Waals surface area (Å²) in [5.74, 6) is -0.603. The molecule has 0 aliphatic heterocycles. The summed E-state index contributed by atoms with van der Waals surface area (Å²) in [6.07, 6.45) is 0. The number of nitrogens with zero attached hydrogens (tertiary/aromatic N) is 2. The quantitative estimate of drug-likeness (QED) is 0.518. The molecule has 1 aromatic heterocycles. The van der Waals surface area contributed by atoms with Gasteiger partial charge in [-0.05, 0) is 25.1 Å². The number of aromatic nitrogens is 1. The standard InChI is InChI=1S/C17H12ClN3O3S/c1-10-19-15(9-25-10)12-4-2-3-5-14(12)20-17(22)13-8-11(18)6-7-16(13)21(23)24/h2-9H,1H3,(H,20,22). The average Bonchev–Trinajstić information content (AvgIpc) is 3.01. The van der Waals surface area contributed by atoms with Crippen molar-refractivity contribution in [3.63, 3.8) is 0 Å². The van der Waals surface area contributed by atoms with Gasteiger partial charge in [0.1, 0.15) is 5.56 Å². The first kappa shape index (κ1) is 17.1. The lowest BCUT2D eigenvalue weighted by Gasteiger charge is -2.10. The number of halogens is 1. The predicted molar refractivity (Wildman–Crippen MR) is 98.3 cm³/mol. The second-order valence-corrected chi connectivity index (χ2v) is 6.67. The van der Waals surface area contributed by atoms with E-state index in [1.54, 1.807) is 12.1 Å². The van der Waals surface area contributed by atoms with E-state index >= 15 is 0 Å². The molecule has 1 N–H and O–H groups in total. The molecule has 1 amide bonds. The second-order valence-electron chi connectivity index (χ2n) is 5.17.